The molecular weight excluding hydrogens is 226 g/mol. The van der Waals surface area contributed by atoms with Gasteiger partial charge in [-0.25, -0.2) is 0 Å². The second-order valence-electron chi connectivity index (χ2n) is 4.16. The number of hydrogen-bond acceptors (Lipinski definition) is 2. The van der Waals surface area contributed by atoms with Crippen LogP contribution in [0.5, 0.6) is 5.75 Å². The lowest BCUT2D eigenvalue weighted by Gasteiger charge is -2.14. The highest BCUT2D eigenvalue weighted by Crippen LogP contribution is 2.31. The first-order chi connectivity index (χ1) is 7.58. The Morgan fingerprint density at radius 3 is 2.69 bits per heavy atom. The summed E-state index contributed by atoms with van der Waals surface area (Å²) in [5.74, 6) is 0.545. The van der Waals surface area contributed by atoms with Crippen LogP contribution in [-0.2, 0) is 0 Å². The maximum Gasteiger partial charge on any atom is 0.257 e. The van der Waals surface area contributed by atoms with Crippen LogP contribution in [0.2, 0.25) is 5.02 Å². The third kappa shape index (κ3) is 2.47. The first kappa shape index (κ1) is 11.3. The van der Waals surface area contributed by atoms with Crippen LogP contribution in [0.3, 0.4) is 0 Å². The fourth-order valence-electron chi connectivity index (χ4n) is 1.38. The molecule has 0 radical (unpaired) electrons. The third-order valence-corrected chi connectivity index (χ3v) is 2.63. The van der Waals surface area contributed by atoms with Gasteiger partial charge in [0.05, 0.1) is 11.7 Å². The van der Waals surface area contributed by atoms with Crippen molar-refractivity contribution in [3.63, 3.8) is 0 Å². The average Bonchev–Trinajstić information content (AvgIpc) is 3.03. The van der Waals surface area contributed by atoms with Crippen LogP contribution in [0, 0.1) is 0 Å². The molecule has 2 rings (SSSR count). The van der Waals surface area contributed by atoms with Crippen molar-refractivity contribution in [1.82, 2.24) is 4.90 Å². The number of hydrogen-bond donors (Lipinski definition) is 0. The van der Waals surface area contributed by atoms with E-state index in [1.807, 2.05) is 0 Å². The zero-order valence-corrected chi connectivity index (χ0v) is 10.1. The minimum absolute atomic E-state index is 0.0850. The molecule has 0 unspecified atom stereocenters. The van der Waals surface area contributed by atoms with Crippen LogP contribution in [0.1, 0.15) is 23.2 Å². The van der Waals surface area contributed by atoms with E-state index in [1.54, 1.807) is 32.3 Å². The van der Waals surface area contributed by atoms with Crippen LogP contribution < -0.4 is 4.74 Å². The maximum atomic E-state index is 11.9. The summed E-state index contributed by atoms with van der Waals surface area (Å²) in [7, 11) is 3.42. The summed E-state index contributed by atoms with van der Waals surface area (Å²) in [5, 5.41) is 0.549. The Morgan fingerprint density at radius 2 is 2.12 bits per heavy atom. The molecule has 0 saturated heterocycles. The van der Waals surface area contributed by atoms with Crippen LogP contribution >= 0.6 is 11.6 Å². The standard InChI is InChI=1S/C12H14ClNO2/c1-14(2)12(15)10-7-8(13)3-6-11(10)16-9-4-5-9/h3,6-7,9H,4-5H2,1-2H3. The Balaban J connectivity index is 2.30. The quantitative estimate of drug-likeness (QED) is 0.812. The zero-order chi connectivity index (χ0) is 11.7. The van der Waals surface area contributed by atoms with Gasteiger partial charge in [0, 0.05) is 19.1 Å². The number of carbonyl (C=O) groups excluding carboxylic acids is 1. The smallest absolute Gasteiger partial charge is 0.257 e. The van der Waals surface area contributed by atoms with E-state index in [0.29, 0.717) is 16.3 Å². The van der Waals surface area contributed by atoms with Gasteiger partial charge >= 0.3 is 0 Å². The van der Waals surface area contributed by atoms with Crippen molar-refractivity contribution in [1.29, 1.82) is 0 Å². The summed E-state index contributed by atoms with van der Waals surface area (Å²) in [6.07, 6.45) is 2.41. The Morgan fingerprint density at radius 1 is 1.44 bits per heavy atom. The molecule has 1 aliphatic carbocycles. The van der Waals surface area contributed by atoms with Gasteiger partial charge in [-0.3, -0.25) is 4.79 Å². The summed E-state index contributed by atoms with van der Waals surface area (Å²) < 4.78 is 5.68. The molecule has 0 atom stereocenters. The minimum atomic E-state index is -0.0850. The van der Waals surface area contributed by atoms with Gasteiger partial charge < -0.3 is 9.64 Å². The van der Waals surface area contributed by atoms with Crippen molar-refractivity contribution in [3.05, 3.63) is 28.8 Å². The molecule has 1 aromatic carbocycles. The highest BCUT2D eigenvalue weighted by Gasteiger charge is 2.26. The fourth-order valence-corrected chi connectivity index (χ4v) is 1.55. The molecule has 0 N–H and O–H groups in total. The molecule has 0 aliphatic heterocycles. The number of amides is 1. The number of ether oxygens (including phenoxy) is 1. The second-order valence-corrected chi connectivity index (χ2v) is 4.59. The second kappa shape index (κ2) is 4.34. The SMILES string of the molecule is CN(C)C(=O)c1cc(Cl)ccc1OC1CC1. The minimum Gasteiger partial charge on any atom is -0.490 e. The summed E-state index contributed by atoms with van der Waals surface area (Å²) in [4.78, 5) is 13.4. The van der Waals surface area contributed by atoms with Gasteiger partial charge in [-0.15, -0.1) is 0 Å². The van der Waals surface area contributed by atoms with E-state index in [1.165, 1.54) is 4.90 Å². The highest BCUT2D eigenvalue weighted by atomic mass is 35.5. The lowest BCUT2D eigenvalue weighted by atomic mass is 10.2. The van der Waals surface area contributed by atoms with Crippen LogP contribution in [0.4, 0.5) is 0 Å². The van der Waals surface area contributed by atoms with Gasteiger partial charge in [-0.2, -0.15) is 0 Å². The van der Waals surface area contributed by atoms with E-state index in [2.05, 4.69) is 0 Å². The molecule has 4 heteroatoms. The Hall–Kier alpha value is -1.22. The van der Waals surface area contributed by atoms with Gasteiger partial charge in [0.2, 0.25) is 0 Å². The predicted octanol–water partition coefficient (Wildman–Crippen LogP) is 2.58. The summed E-state index contributed by atoms with van der Waals surface area (Å²) in [6, 6.07) is 5.16. The van der Waals surface area contributed by atoms with Crippen molar-refractivity contribution in [2.45, 2.75) is 18.9 Å². The number of halogens is 1. The average molecular weight is 240 g/mol. The molecule has 1 aromatic rings. The molecule has 1 aliphatic rings. The Kier molecular flexibility index (Phi) is 3.06. The molecule has 0 bridgehead atoms. The van der Waals surface area contributed by atoms with E-state index in [9.17, 15) is 4.79 Å². The maximum absolute atomic E-state index is 11.9. The lowest BCUT2D eigenvalue weighted by Crippen LogP contribution is -2.22. The van der Waals surface area contributed by atoms with E-state index in [4.69, 9.17) is 16.3 Å². The molecule has 3 nitrogen and oxygen atoms in total. The summed E-state index contributed by atoms with van der Waals surface area (Å²) >= 11 is 5.89. The molecule has 86 valence electrons. The van der Waals surface area contributed by atoms with Gasteiger partial charge in [-0.1, -0.05) is 11.6 Å². The van der Waals surface area contributed by atoms with E-state index in [0.717, 1.165) is 12.8 Å². The molecule has 16 heavy (non-hydrogen) atoms. The van der Waals surface area contributed by atoms with Gasteiger partial charge in [-0.05, 0) is 31.0 Å². The van der Waals surface area contributed by atoms with Gasteiger partial charge in [0.25, 0.3) is 5.91 Å². The largest absolute Gasteiger partial charge is 0.490 e. The fraction of sp³-hybridized carbons (Fsp3) is 0.417. The van der Waals surface area contributed by atoms with Crippen molar-refractivity contribution in [2.75, 3.05) is 14.1 Å². The van der Waals surface area contributed by atoms with Gasteiger partial charge in [0.1, 0.15) is 5.75 Å². The van der Waals surface area contributed by atoms with Crippen molar-refractivity contribution >= 4 is 17.5 Å². The lowest BCUT2D eigenvalue weighted by molar-refractivity contribution is 0.0823. The first-order valence-corrected chi connectivity index (χ1v) is 5.63. The van der Waals surface area contributed by atoms with E-state index in [-0.39, 0.29) is 12.0 Å². The molecule has 0 spiro atoms. The number of nitrogens with zero attached hydrogens (tertiary/aromatic N) is 1. The molecule has 1 saturated carbocycles. The highest BCUT2D eigenvalue weighted by molar-refractivity contribution is 6.31. The molecule has 1 fully saturated rings. The van der Waals surface area contributed by atoms with Crippen molar-refractivity contribution in [3.8, 4) is 5.75 Å². The molecule has 0 heterocycles. The summed E-state index contributed by atoms with van der Waals surface area (Å²) in [6.45, 7) is 0. The van der Waals surface area contributed by atoms with Crippen LogP contribution in [0.15, 0.2) is 18.2 Å². The summed E-state index contributed by atoms with van der Waals surface area (Å²) in [5.41, 5.74) is 0.532. The van der Waals surface area contributed by atoms with E-state index >= 15 is 0 Å². The van der Waals surface area contributed by atoms with Crippen LogP contribution in [-0.4, -0.2) is 31.0 Å². The zero-order valence-electron chi connectivity index (χ0n) is 9.37. The number of rotatable bonds is 3. The molecule has 0 aromatic heterocycles. The normalized spacial score (nSPS) is 14.7. The monoisotopic (exact) mass is 239 g/mol. The third-order valence-electron chi connectivity index (χ3n) is 2.40. The van der Waals surface area contributed by atoms with Crippen LogP contribution in [0.25, 0.3) is 0 Å². The van der Waals surface area contributed by atoms with E-state index < -0.39 is 0 Å². The number of carbonyl (C=O) groups is 1. The molecule has 1 amide bonds. The Labute approximate surface area is 100.0 Å². The van der Waals surface area contributed by atoms with Crippen molar-refractivity contribution in [2.24, 2.45) is 0 Å². The van der Waals surface area contributed by atoms with Gasteiger partial charge in [0.15, 0.2) is 0 Å². The van der Waals surface area contributed by atoms with Crippen molar-refractivity contribution < 1.29 is 9.53 Å². The topological polar surface area (TPSA) is 29.5 Å². The molecular formula is C12H14ClNO2. The predicted molar refractivity (Wildman–Crippen MR) is 63.1 cm³/mol. The number of benzene rings is 1. The first-order valence-electron chi connectivity index (χ1n) is 5.26. The Bertz CT molecular complexity index is 413.